The van der Waals surface area contributed by atoms with E-state index in [1.54, 1.807) is 37.6 Å². The third-order valence-electron chi connectivity index (χ3n) is 4.72. The van der Waals surface area contributed by atoms with Gasteiger partial charge < -0.3 is 9.32 Å². The third kappa shape index (κ3) is 3.20. The van der Waals surface area contributed by atoms with E-state index >= 15 is 0 Å². The highest BCUT2D eigenvalue weighted by molar-refractivity contribution is 6.22. The number of fused-ring (bicyclic) bond motifs is 1. The van der Waals surface area contributed by atoms with Gasteiger partial charge in [0.05, 0.1) is 30.5 Å². The second kappa shape index (κ2) is 7.15. The van der Waals surface area contributed by atoms with E-state index in [1.807, 2.05) is 30.3 Å². The minimum absolute atomic E-state index is 0.203. The molecule has 0 N–H and O–H groups in total. The van der Waals surface area contributed by atoms with Crippen LogP contribution < -0.4 is 0 Å². The fraction of sp³-hybridized carbons (Fsp3) is 0.136. The zero-order chi connectivity index (χ0) is 19.7. The number of imide groups is 1. The van der Waals surface area contributed by atoms with Crippen LogP contribution in [0.3, 0.4) is 0 Å². The quantitative estimate of drug-likeness (QED) is 0.642. The Bertz CT molecular complexity index is 1040. The Morgan fingerprint density at radius 3 is 2.43 bits per heavy atom. The summed E-state index contributed by atoms with van der Waals surface area (Å²) >= 11 is 0. The maximum atomic E-state index is 12.8. The molecule has 1 aromatic heterocycles. The SMILES string of the molecule is CN(Cc1ccco1)C(=O)c1ccc2c(c1)C(=O)N(Cc1ccccc1)C2=O. The molecule has 6 nitrogen and oxygen atoms in total. The number of benzene rings is 2. The van der Waals surface area contributed by atoms with Crippen molar-refractivity contribution >= 4 is 17.7 Å². The number of amides is 3. The van der Waals surface area contributed by atoms with Crippen LogP contribution in [-0.2, 0) is 13.1 Å². The summed E-state index contributed by atoms with van der Waals surface area (Å²) in [5.41, 5.74) is 1.81. The molecule has 2 heterocycles. The predicted molar refractivity (Wildman–Crippen MR) is 102 cm³/mol. The molecule has 6 heteroatoms. The van der Waals surface area contributed by atoms with Crippen LogP contribution in [0, 0.1) is 0 Å². The van der Waals surface area contributed by atoms with Gasteiger partial charge in [0.1, 0.15) is 5.76 Å². The van der Waals surface area contributed by atoms with E-state index in [-0.39, 0.29) is 29.8 Å². The molecular weight excluding hydrogens is 356 g/mol. The summed E-state index contributed by atoms with van der Waals surface area (Å²) in [6.07, 6.45) is 1.55. The van der Waals surface area contributed by atoms with Crippen LogP contribution in [0.4, 0.5) is 0 Å². The highest BCUT2D eigenvalue weighted by atomic mass is 16.3. The lowest BCUT2D eigenvalue weighted by Crippen LogP contribution is -2.29. The third-order valence-corrected chi connectivity index (χ3v) is 4.72. The molecular formula is C22H18N2O4. The molecule has 0 fully saturated rings. The van der Waals surface area contributed by atoms with Gasteiger partial charge in [-0.25, -0.2) is 0 Å². The number of furan rings is 1. The summed E-state index contributed by atoms with van der Waals surface area (Å²) in [6, 6.07) is 17.5. The molecule has 0 unspecified atom stereocenters. The average molecular weight is 374 g/mol. The van der Waals surface area contributed by atoms with Crippen molar-refractivity contribution in [3.63, 3.8) is 0 Å². The van der Waals surface area contributed by atoms with E-state index < -0.39 is 0 Å². The van der Waals surface area contributed by atoms with Crippen LogP contribution >= 0.6 is 0 Å². The van der Waals surface area contributed by atoms with Gasteiger partial charge in [0, 0.05) is 12.6 Å². The van der Waals surface area contributed by atoms with Gasteiger partial charge in [-0.15, -0.1) is 0 Å². The molecule has 0 atom stereocenters. The Hall–Kier alpha value is -3.67. The molecule has 0 saturated heterocycles. The Kier molecular flexibility index (Phi) is 4.53. The van der Waals surface area contributed by atoms with E-state index in [0.29, 0.717) is 23.4 Å². The molecule has 1 aliphatic heterocycles. The van der Waals surface area contributed by atoms with Crippen molar-refractivity contribution in [3.05, 3.63) is 94.9 Å². The molecule has 140 valence electrons. The second-order valence-electron chi connectivity index (χ2n) is 6.68. The smallest absolute Gasteiger partial charge is 0.261 e. The minimum Gasteiger partial charge on any atom is -0.467 e. The maximum absolute atomic E-state index is 12.8. The molecule has 4 rings (SSSR count). The fourth-order valence-electron chi connectivity index (χ4n) is 3.26. The second-order valence-corrected chi connectivity index (χ2v) is 6.68. The standard InChI is InChI=1S/C22H18N2O4/c1-23(14-17-8-5-11-28-17)20(25)16-9-10-18-19(12-16)22(27)24(21(18)26)13-15-6-3-2-4-7-15/h2-12H,13-14H2,1H3. The van der Waals surface area contributed by atoms with E-state index in [9.17, 15) is 14.4 Å². The monoisotopic (exact) mass is 374 g/mol. The van der Waals surface area contributed by atoms with Crippen molar-refractivity contribution in [1.29, 1.82) is 0 Å². The first-order valence-electron chi connectivity index (χ1n) is 8.86. The zero-order valence-electron chi connectivity index (χ0n) is 15.3. The van der Waals surface area contributed by atoms with Gasteiger partial charge in [-0.05, 0) is 35.9 Å². The van der Waals surface area contributed by atoms with Gasteiger partial charge >= 0.3 is 0 Å². The van der Waals surface area contributed by atoms with Crippen LogP contribution in [0.5, 0.6) is 0 Å². The molecule has 3 aromatic rings. The topological polar surface area (TPSA) is 70.8 Å². The highest BCUT2D eigenvalue weighted by Crippen LogP contribution is 2.26. The summed E-state index contributed by atoms with van der Waals surface area (Å²) in [5, 5.41) is 0. The Balaban J connectivity index is 1.55. The Morgan fingerprint density at radius 1 is 0.964 bits per heavy atom. The van der Waals surface area contributed by atoms with Crippen molar-refractivity contribution in [2.24, 2.45) is 0 Å². The zero-order valence-corrected chi connectivity index (χ0v) is 15.3. The lowest BCUT2D eigenvalue weighted by molar-refractivity contribution is 0.0642. The number of nitrogens with zero attached hydrogens (tertiary/aromatic N) is 2. The number of carbonyl (C=O) groups is 3. The summed E-state index contributed by atoms with van der Waals surface area (Å²) in [7, 11) is 1.66. The van der Waals surface area contributed by atoms with Crippen LogP contribution in [0.1, 0.15) is 42.4 Å². The molecule has 3 amide bonds. The maximum Gasteiger partial charge on any atom is 0.261 e. The largest absolute Gasteiger partial charge is 0.467 e. The molecule has 1 aliphatic rings. The van der Waals surface area contributed by atoms with Gasteiger partial charge in [-0.3, -0.25) is 19.3 Å². The lowest BCUT2D eigenvalue weighted by Gasteiger charge is -2.16. The van der Waals surface area contributed by atoms with Gasteiger partial charge in [0.15, 0.2) is 0 Å². The molecule has 2 aromatic carbocycles. The van der Waals surface area contributed by atoms with Crippen LogP contribution in [0.15, 0.2) is 71.3 Å². The Labute approximate surface area is 162 Å². The summed E-state index contributed by atoms with van der Waals surface area (Å²) < 4.78 is 5.27. The van der Waals surface area contributed by atoms with Gasteiger partial charge in [0.25, 0.3) is 17.7 Å². The Morgan fingerprint density at radius 2 is 1.71 bits per heavy atom. The first-order chi connectivity index (χ1) is 13.5. The lowest BCUT2D eigenvalue weighted by atomic mass is 10.0. The molecule has 0 saturated carbocycles. The van der Waals surface area contributed by atoms with Gasteiger partial charge in [-0.1, -0.05) is 30.3 Å². The van der Waals surface area contributed by atoms with Crippen LogP contribution in [0.2, 0.25) is 0 Å². The molecule has 0 spiro atoms. The number of carbonyl (C=O) groups excluding carboxylic acids is 3. The van der Waals surface area contributed by atoms with Gasteiger partial charge in [-0.2, -0.15) is 0 Å². The van der Waals surface area contributed by atoms with E-state index in [4.69, 9.17) is 4.42 Å². The van der Waals surface area contributed by atoms with Crippen molar-refractivity contribution in [2.45, 2.75) is 13.1 Å². The summed E-state index contributed by atoms with van der Waals surface area (Å²) in [5.74, 6) is -0.308. The molecule has 0 radical (unpaired) electrons. The number of hydrogen-bond acceptors (Lipinski definition) is 4. The first kappa shape index (κ1) is 17.7. The van der Waals surface area contributed by atoms with Crippen molar-refractivity contribution in [1.82, 2.24) is 9.80 Å². The molecule has 0 bridgehead atoms. The van der Waals surface area contributed by atoms with Crippen molar-refractivity contribution in [3.8, 4) is 0 Å². The first-order valence-corrected chi connectivity index (χ1v) is 8.86. The average Bonchev–Trinajstić information content (AvgIpc) is 3.31. The minimum atomic E-state index is -0.382. The summed E-state index contributed by atoms with van der Waals surface area (Å²) in [4.78, 5) is 40.8. The number of hydrogen-bond donors (Lipinski definition) is 0. The van der Waals surface area contributed by atoms with E-state index in [2.05, 4.69) is 0 Å². The van der Waals surface area contributed by atoms with Crippen molar-refractivity contribution in [2.75, 3.05) is 7.05 Å². The fourth-order valence-corrected chi connectivity index (χ4v) is 3.26. The summed E-state index contributed by atoms with van der Waals surface area (Å²) in [6.45, 7) is 0.519. The van der Waals surface area contributed by atoms with Crippen molar-refractivity contribution < 1.29 is 18.8 Å². The normalized spacial score (nSPS) is 13.0. The van der Waals surface area contributed by atoms with E-state index in [0.717, 1.165) is 5.56 Å². The highest BCUT2D eigenvalue weighted by Gasteiger charge is 2.36. The molecule has 28 heavy (non-hydrogen) atoms. The number of rotatable bonds is 5. The molecule has 0 aliphatic carbocycles. The van der Waals surface area contributed by atoms with Gasteiger partial charge in [0.2, 0.25) is 0 Å². The van der Waals surface area contributed by atoms with E-state index in [1.165, 1.54) is 15.9 Å². The van der Waals surface area contributed by atoms with Crippen LogP contribution in [0.25, 0.3) is 0 Å². The van der Waals surface area contributed by atoms with Crippen LogP contribution in [-0.4, -0.2) is 34.6 Å². The predicted octanol–water partition coefficient (Wildman–Crippen LogP) is 3.35.